The molecule has 3 aliphatic rings. The Balaban J connectivity index is 1.68. The number of hydrogen-bond acceptors (Lipinski definition) is 3. The van der Waals surface area contributed by atoms with Gasteiger partial charge in [0.2, 0.25) is 0 Å². The zero-order valence-electron chi connectivity index (χ0n) is 12.1. The van der Waals surface area contributed by atoms with Crippen LogP contribution < -0.4 is 10.5 Å². The molecule has 2 N–H and O–H groups in total. The van der Waals surface area contributed by atoms with Crippen molar-refractivity contribution < 1.29 is 4.74 Å². The Kier molecular flexibility index (Phi) is 3.20. The number of nitrogens with zero attached hydrogens (tertiary/aromatic N) is 1. The summed E-state index contributed by atoms with van der Waals surface area (Å²) in [7, 11) is 0. The van der Waals surface area contributed by atoms with Gasteiger partial charge in [0.05, 0.1) is 12.6 Å². The molecule has 0 aromatic heterocycles. The van der Waals surface area contributed by atoms with E-state index in [0.29, 0.717) is 6.04 Å². The third-order valence-corrected chi connectivity index (χ3v) is 5.04. The summed E-state index contributed by atoms with van der Waals surface area (Å²) in [6, 6.07) is 8.23. The van der Waals surface area contributed by atoms with Gasteiger partial charge in [-0.25, -0.2) is 0 Å². The van der Waals surface area contributed by atoms with Gasteiger partial charge in [0, 0.05) is 18.5 Å². The SMILES string of the molecule is NC1CCCCN(C2CC2)C1c1ccc2c(c1)CCO2. The van der Waals surface area contributed by atoms with Crippen LogP contribution in [0.1, 0.15) is 49.3 Å². The van der Waals surface area contributed by atoms with Crippen LogP contribution in [0.25, 0.3) is 0 Å². The van der Waals surface area contributed by atoms with Gasteiger partial charge in [-0.2, -0.15) is 0 Å². The summed E-state index contributed by atoms with van der Waals surface area (Å²) in [5.41, 5.74) is 9.32. The highest BCUT2D eigenvalue weighted by atomic mass is 16.5. The minimum Gasteiger partial charge on any atom is -0.493 e. The summed E-state index contributed by atoms with van der Waals surface area (Å²) in [5.74, 6) is 1.08. The smallest absolute Gasteiger partial charge is 0.122 e. The maximum atomic E-state index is 6.54. The summed E-state index contributed by atoms with van der Waals surface area (Å²) in [4.78, 5) is 2.69. The fraction of sp³-hybridized carbons (Fsp3) is 0.647. The van der Waals surface area contributed by atoms with Crippen molar-refractivity contribution in [2.24, 2.45) is 5.73 Å². The van der Waals surface area contributed by atoms with E-state index in [1.54, 1.807) is 0 Å². The minimum absolute atomic E-state index is 0.276. The second-order valence-corrected chi connectivity index (χ2v) is 6.54. The van der Waals surface area contributed by atoms with Crippen molar-refractivity contribution in [2.75, 3.05) is 13.2 Å². The van der Waals surface area contributed by atoms with Crippen LogP contribution in [0.15, 0.2) is 18.2 Å². The first-order chi connectivity index (χ1) is 9.83. The summed E-state index contributed by atoms with van der Waals surface area (Å²) >= 11 is 0. The number of hydrogen-bond donors (Lipinski definition) is 1. The Bertz CT molecular complexity index is 498. The average Bonchev–Trinajstić information content (AvgIpc) is 3.21. The first-order valence-electron chi connectivity index (χ1n) is 8.10. The van der Waals surface area contributed by atoms with Gasteiger partial charge < -0.3 is 10.5 Å². The van der Waals surface area contributed by atoms with Crippen LogP contribution in [-0.2, 0) is 6.42 Å². The lowest BCUT2D eigenvalue weighted by Gasteiger charge is -2.34. The number of nitrogens with two attached hydrogens (primary N) is 1. The molecule has 20 heavy (non-hydrogen) atoms. The molecule has 2 unspecified atom stereocenters. The quantitative estimate of drug-likeness (QED) is 0.899. The standard InChI is InChI=1S/C17H24N2O/c18-15-3-1-2-9-19(14-5-6-14)17(15)13-4-7-16-12(11-13)8-10-20-16/h4,7,11,14-15,17H,1-3,5-6,8-10,18H2. The summed E-state index contributed by atoms with van der Waals surface area (Å²) in [6.07, 6.45) is 7.49. The van der Waals surface area contributed by atoms with E-state index < -0.39 is 0 Å². The van der Waals surface area contributed by atoms with E-state index in [1.165, 1.54) is 43.4 Å². The lowest BCUT2D eigenvalue weighted by atomic mass is 9.94. The minimum atomic E-state index is 0.276. The zero-order chi connectivity index (χ0) is 13.5. The lowest BCUT2D eigenvalue weighted by molar-refractivity contribution is 0.175. The number of fused-ring (bicyclic) bond motifs is 1. The maximum absolute atomic E-state index is 6.54. The molecule has 0 bridgehead atoms. The van der Waals surface area contributed by atoms with E-state index in [2.05, 4.69) is 23.1 Å². The van der Waals surface area contributed by atoms with Crippen LogP contribution >= 0.6 is 0 Å². The molecule has 2 aliphatic heterocycles. The Labute approximate surface area is 121 Å². The van der Waals surface area contributed by atoms with Gasteiger partial charge in [0.15, 0.2) is 0 Å². The topological polar surface area (TPSA) is 38.5 Å². The van der Waals surface area contributed by atoms with Gasteiger partial charge in [-0.1, -0.05) is 18.6 Å². The van der Waals surface area contributed by atoms with Crippen molar-refractivity contribution in [1.82, 2.24) is 4.90 Å². The van der Waals surface area contributed by atoms with Crippen molar-refractivity contribution in [3.8, 4) is 5.75 Å². The second kappa shape index (κ2) is 5.05. The predicted molar refractivity (Wildman–Crippen MR) is 79.9 cm³/mol. The molecule has 108 valence electrons. The molecule has 1 saturated heterocycles. The van der Waals surface area contributed by atoms with E-state index in [1.807, 2.05) is 0 Å². The fourth-order valence-corrected chi connectivity index (χ4v) is 3.86. The van der Waals surface area contributed by atoms with Crippen LogP contribution in [0.4, 0.5) is 0 Å². The zero-order valence-corrected chi connectivity index (χ0v) is 12.1. The molecular weight excluding hydrogens is 248 g/mol. The van der Waals surface area contributed by atoms with Crippen molar-refractivity contribution in [3.63, 3.8) is 0 Å². The summed E-state index contributed by atoms with van der Waals surface area (Å²) in [5, 5.41) is 0. The number of ether oxygens (including phenoxy) is 1. The van der Waals surface area contributed by atoms with Gasteiger partial charge >= 0.3 is 0 Å². The molecule has 1 aromatic rings. The molecule has 1 aromatic carbocycles. The molecule has 4 rings (SSSR count). The average molecular weight is 272 g/mol. The third kappa shape index (κ3) is 2.23. The van der Waals surface area contributed by atoms with Crippen molar-refractivity contribution in [1.29, 1.82) is 0 Å². The number of likely N-dealkylation sites (tertiary alicyclic amines) is 1. The van der Waals surface area contributed by atoms with Crippen LogP contribution in [0.5, 0.6) is 5.75 Å². The predicted octanol–water partition coefficient (Wildman–Crippen LogP) is 2.64. The highest BCUT2D eigenvalue weighted by molar-refractivity contribution is 5.41. The third-order valence-electron chi connectivity index (χ3n) is 5.04. The molecule has 0 amide bonds. The Morgan fingerprint density at radius 1 is 1.15 bits per heavy atom. The number of benzene rings is 1. The van der Waals surface area contributed by atoms with Gasteiger partial charge in [-0.3, -0.25) is 4.90 Å². The molecule has 0 radical (unpaired) electrons. The summed E-state index contributed by atoms with van der Waals surface area (Å²) < 4.78 is 5.63. The van der Waals surface area contributed by atoms with Crippen LogP contribution in [-0.4, -0.2) is 30.1 Å². The monoisotopic (exact) mass is 272 g/mol. The maximum Gasteiger partial charge on any atom is 0.122 e. The number of rotatable bonds is 2. The van der Waals surface area contributed by atoms with Gasteiger partial charge in [0.25, 0.3) is 0 Å². The van der Waals surface area contributed by atoms with Crippen LogP contribution in [0.2, 0.25) is 0 Å². The molecule has 2 atom stereocenters. The highest BCUT2D eigenvalue weighted by Gasteiger charge is 2.38. The molecule has 2 heterocycles. The molecule has 0 spiro atoms. The Hall–Kier alpha value is -1.06. The van der Waals surface area contributed by atoms with E-state index in [4.69, 9.17) is 10.5 Å². The molecule has 3 heteroatoms. The molecular formula is C17H24N2O. The van der Waals surface area contributed by atoms with E-state index >= 15 is 0 Å². The second-order valence-electron chi connectivity index (χ2n) is 6.54. The summed E-state index contributed by atoms with van der Waals surface area (Å²) in [6.45, 7) is 2.05. The highest BCUT2D eigenvalue weighted by Crippen LogP contribution is 2.40. The normalized spacial score (nSPS) is 30.6. The van der Waals surface area contributed by atoms with Crippen LogP contribution in [0, 0.1) is 0 Å². The van der Waals surface area contributed by atoms with Gasteiger partial charge in [-0.15, -0.1) is 0 Å². The van der Waals surface area contributed by atoms with Crippen molar-refractivity contribution in [3.05, 3.63) is 29.3 Å². The van der Waals surface area contributed by atoms with Crippen molar-refractivity contribution in [2.45, 2.75) is 56.7 Å². The largest absolute Gasteiger partial charge is 0.493 e. The Morgan fingerprint density at radius 3 is 2.90 bits per heavy atom. The van der Waals surface area contributed by atoms with E-state index in [0.717, 1.165) is 31.2 Å². The molecule has 1 aliphatic carbocycles. The Morgan fingerprint density at radius 2 is 2.05 bits per heavy atom. The van der Waals surface area contributed by atoms with Gasteiger partial charge in [0.1, 0.15) is 5.75 Å². The molecule has 1 saturated carbocycles. The van der Waals surface area contributed by atoms with Crippen molar-refractivity contribution >= 4 is 0 Å². The first kappa shape index (κ1) is 12.7. The lowest BCUT2D eigenvalue weighted by Crippen LogP contribution is -2.41. The van der Waals surface area contributed by atoms with E-state index in [-0.39, 0.29) is 6.04 Å². The molecule has 2 fully saturated rings. The molecule has 3 nitrogen and oxygen atoms in total. The fourth-order valence-electron chi connectivity index (χ4n) is 3.86. The van der Waals surface area contributed by atoms with E-state index in [9.17, 15) is 0 Å². The van der Waals surface area contributed by atoms with Gasteiger partial charge in [-0.05, 0) is 49.4 Å². The van der Waals surface area contributed by atoms with Crippen LogP contribution in [0.3, 0.4) is 0 Å². The first-order valence-corrected chi connectivity index (χ1v) is 8.10.